The van der Waals surface area contributed by atoms with Crippen molar-refractivity contribution in [2.45, 2.75) is 13.5 Å². The van der Waals surface area contributed by atoms with Crippen molar-refractivity contribution < 1.29 is 0 Å². The second-order valence-corrected chi connectivity index (χ2v) is 6.14. The molecule has 5 rings (SSSR count). The van der Waals surface area contributed by atoms with Crippen LogP contribution in [0, 0.1) is 0 Å². The molecule has 0 unspecified atom stereocenters. The molecule has 0 amide bonds. The summed E-state index contributed by atoms with van der Waals surface area (Å²) in [5.41, 5.74) is 4.17. The van der Waals surface area contributed by atoms with Crippen LogP contribution in [-0.2, 0) is 6.54 Å². The number of aryl methyl sites for hydroxylation is 1. The Kier molecular flexibility index (Phi) is 2.63. The second-order valence-electron chi connectivity index (χ2n) is 6.14. The summed E-state index contributed by atoms with van der Waals surface area (Å²) in [6.07, 6.45) is 0. The van der Waals surface area contributed by atoms with Gasteiger partial charge in [0.05, 0.1) is 10.9 Å². The number of H-pyrrole nitrogens is 1. The van der Waals surface area contributed by atoms with E-state index < -0.39 is 0 Å². The normalized spacial score (nSPS) is 11.9. The van der Waals surface area contributed by atoms with E-state index in [1.807, 2.05) is 36.4 Å². The van der Waals surface area contributed by atoms with Crippen LogP contribution in [0.3, 0.4) is 0 Å². The van der Waals surface area contributed by atoms with Gasteiger partial charge in [-0.3, -0.25) is 4.79 Å². The summed E-state index contributed by atoms with van der Waals surface area (Å²) in [7, 11) is 0. The summed E-state index contributed by atoms with van der Waals surface area (Å²) in [6, 6.07) is 20.2. The van der Waals surface area contributed by atoms with Gasteiger partial charge in [0.15, 0.2) is 5.43 Å². The number of fused-ring (bicyclic) bond motifs is 6. The molecule has 0 radical (unpaired) electrons. The first-order valence-corrected chi connectivity index (χ1v) is 8.24. The summed E-state index contributed by atoms with van der Waals surface area (Å²) >= 11 is 0. The van der Waals surface area contributed by atoms with Gasteiger partial charge < -0.3 is 9.55 Å². The maximum absolute atomic E-state index is 13.2. The van der Waals surface area contributed by atoms with Crippen LogP contribution in [0.2, 0.25) is 0 Å². The van der Waals surface area contributed by atoms with Crippen LogP contribution in [0.4, 0.5) is 0 Å². The number of aromatic amines is 1. The first-order chi connectivity index (χ1) is 11.8. The minimum absolute atomic E-state index is 0.101. The lowest BCUT2D eigenvalue weighted by Crippen LogP contribution is -2.04. The number of aromatic nitrogens is 2. The Morgan fingerprint density at radius 3 is 2.38 bits per heavy atom. The van der Waals surface area contributed by atoms with E-state index in [9.17, 15) is 4.79 Å². The zero-order valence-electron chi connectivity index (χ0n) is 13.3. The fourth-order valence-corrected chi connectivity index (χ4v) is 3.89. The molecule has 24 heavy (non-hydrogen) atoms. The lowest BCUT2D eigenvalue weighted by Gasteiger charge is -2.06. The van der Waals surface area contributed by atoms with E-state index in [-0.39, 0.29) is 5.43 Å². The van der Waals surface area contributed by atoms with E-state index in [2.05, 4.69) is 40.7 Å². The Labute approximate surface area is 138 Å². The number of hydrogen-bond acceptors (Lipinski definition) is 1. The first-order valence-electron chi connectivity index (χ1n) is 8.24. The molecule has 3 nitrogen and oxygen atoms in total. The van der Waals surface area contributed by atoms with Crippen molar-refractivity contribution in [2.24, 2.45) is 0 Å². The van der Waals surface area contributed by atoms with E-state index in [4.69, 9.17) is 0 Å². The molecule has 1 N–H and O–H groups in total. The SMILES string of the molecule is CCn1c2ccccc2c2c3c(=O)c4ccccc4[nH]c3ccc21. The lowest BCUT2D eigenvalue weighted by atomic mass is 10.0. The predicted octanol–water partition coefficient (Wildman–Crippen LogP) is 4.81. The number of benzene rings is 3. The van der Waals surface area contributed by atoms with Crippen LogP contribution < -0.4 is 5.43 Å². The minimum atomic E-state index is 0.101. The van der Waals surface area contributed by atoms with Gasteiger partial charge in [0.1, 0.15) is 0 Å². The maximum Gasteiger partial charge on any atom is 0.197 e. The highest BCUT2D eigenvalue weighted by Gasteiger charge is 2.15. The molecule has 5 aromatic rings. The van der Waals surface area contributed by atoms with Crippen molar-refractivity contribution in [2.75, 3.05) is 0 Å². The van der Waals surface area contributed by atoms with E-state index >= 15 is 0 Å². The molecule has 0 bridgehead atoms. The first kappa shape index (κ1) is 13.4. The standard InChI is InChI=1S/C21H16N2O/c1-2-23-17-10-6-4-8-14(17)19-18(23)12-11-16-20(19)21(24)13-7-3-5-9-15(13)22-16/h3-12H,2H2,1H3,(H,22,24). The smallest absolute Gasteiger partial charge is 0.197 e. The number of nitrogens with zero attached hydrogens (tertiary/aromatic N) is 1. The lowest BCUT2D eigenvalue weighted by molar-refractivity contribution is 0.827. The van der Waals surface area contributed by atoms with Gasteiger partial charge in [-0.1, -0.05) is 30.3 Å². The molecule has 0 aliphatic rings. The molecule has 2 heterocycles. The zero-order chi connectivity index (χ0) is 16.3. The molecule has 0 saturated carbocycles. The van der Waals surface area contributed by atoms with Gasteiger partial charge in [-0.05, 0) is 37.3 Å². The van der Waals surface area contributed by atoms with Gasteiger partial charge in [-0.25, -0.2) is 0 Å². The van der Waals surface area contributed by atoms with Gasteiger partial charge in [0.2, 0.25) is 0 Å². The van der Waals surface area contributed by atoms with Crippen LogP contribution in [0.5, 0.6) is 0 Å². The average molecular weight is 312 g/mol. The summed E-state index contributed by atoms with van der Waals surface area (Å²) in [5, 5.41) is 3.72. The number of para-hydroxylation sites is 2. The van der Waals surface area contributed by atoms with Crippen molar-refractivity contribution in [1.29, 1.82) is 0 Å². The molecule has 0 saturated heterocycles. The van der Waals surface area contributed by atoms with Gasteiger partial charge >= 0.3 is 0 Å². The van der Waals surface area contributed by atoms with Gasteiger partial charge in [-0.15, -0.1) is 0 Å². The van der Waals surface area contributed by atoms with Gasteiger partial charge in [0.25, 0.3) is 0 Å². The second kappa shape index (κ2) is 4.71. The minimum Gasteiger partial charge on any atom is -0.354 e. The maximum atomic E-state index is 13.2. The van der Waals surface area contributed by atoms with Gasteiger partial charge in [0, 0.05) is 39.3 Å². The Morgan fingerprint density at radius 2 is 1.54 bits per heavy atom. The van der Waals surface area contributed by atoms with E-state index in [0.29, 0.717) is 0 Å². The molecule has 0 aliphatic carbocycles. The molecule has 0 spiro atoms. The Hall–Kier alpha value is -3.07. The van der Waals surface area contributed by atoms with E-state index in [0.717, 1.165) is 44.6 Å². The van der Waals surface area contributed by atoms with Crippen LogP contribution in [0.1, 0.15) is 6.92 Å². The quantitative estimate of drug-likeness (QED) is 0.443. The molecule has 3 aromatic carbocycles. The highest BCUT2D eigenvalue weighted by atomic mass is 16.1. The van der Waals surface area contributed by atoms with Crippen LogP contribution >= 0.6 is 0 Å². The molecule has 0 atom stereocenters. The Morgan fingerprint density at radius 1 is 0.792 bits per heavy atom. The predicted molar refractivity (Wildman–Crippen MR) is 101 cm³/mol. The third-order valence-electron chi connectivity index (χ3n) is 4.92. The molecule has 0 fully saturated rings. The van der Waals surface area contributed by atoms with Crippen molar-refractivity contribution >= 4 is 43.6 Å². The largest absolute Gasteiger partial charge is 0.354 e. The van der Waals surface area contributed by atoms with Crippen LogP contribution in [-0.4, -0.2) is 9.55 Å². The topological polar surface area (TPSA) is 37.8 Å². The van der Waals surface area contributed by atoms with Crippen LogP contribution in [0.25, 0.3) is 43.6 Å². The molecule has 0 aliphatic heterocycles. The highest BCUT2D eigenvalue weighted by Crippen LogP contribution is 2.33. The van der Waals surface area contributed by atoms with Gasteiger partial charge in [-0.2, -0.15) is 0 Å². The molecular formula is C21H16N2O. The van der Waals surface area contributed by atoms with Crippen molar-refractivity contribution in [3.05, 3.63) is 70.9 Å². The zero-order valence-corrected chi connectivity index (χ0v) is 13.3. The molecule has 116 valence electrons. The fourth-order valence-electron chi connectivity index (χ4n) is 3.89. The summed E-state index contributed by atoms with van der Waals surface area (Å²) in [6.45, 7) is 3.02. The summed E-state index contributed by atoms with van der Waals surface area (Å²) in [5.74, 6) is 0. The van der Waals surface area contributed by atoms with Crippen LogP contribution in [0.15, 0.2) is 65.5 Å². The van der Waals surface area contributed by atoms with E-state index in [1.54, 1.807) is 0 Å². The van der Waals surface area contributed by atoms with Crippen molar-refractivity contribution in [1.82, 2.24) is 9.55 Å². The third-order valence-corrected chi connectivity index (χ3v) is 4.92. The molecular weight excluding hydrogens is 296 g/mol. The molecule has 2 aromatic heterocycles. The third kappa shape index (κ3) is 1.59. The highest BCUT2D eigenvalue weighted by molar-refractivity contribution is 6.21. The van der Waals surface area contributed by atoms with Crippen molar-refractivity contribution in [3.8, 4) is 0 Å². The number of pyridine rings is 1. The number of hydrogen-bond donors (Lipinski definition) is 1. The number of rotatable bonds is 1. The fraction of sp³-hybridized carbons (Fsp3) is 0.0952. The summed E-state index contributed by atoms with van der Waals surface area (Å²) in [4.78, 5) is 16.6. The Balaban J connectivity index is 2.15. The average Bonchev–Trinajstić information content (AvgIpc) is 2.95. The number of nitrogens with one attached hydrogen (secondary N) is 1. The Bertz CT molecular complexity index is 1310. The van der Waals surface area contributed by atoms with E-state index in [1.165, 1.54) is 5.52 Å². The summed E-state index contributed by atoms with van der Waals surface area (Å²) < 4.78 is 2.28. The molecule has 3 heteroatoms. The monoisotopic (exact) mass is 312 g/mol. The van der Waals surface area contributed by atoms with Crippen molar-refractivity contribution in [3.63, 3.8) is 0 Å².